The van der Waals surface area contributed by atoms with Gasteiger partial charge in [-0.2, -0.15) is 0 Å². The van der Waals surface area contributed by atoms with Gasteiger partial charge in [0.25, 0.3) is 5.91 Å². The summed E-state index contributed by atoms with van der Waals surface area (Å²) in [6.45, 7) is 6.20. The molecule has 0 aromatic carbocycles. The first-order valence-corrected chi connectivity index (χ1v) is 7.91. The number of nitrogens with one attached hydrogen (secondary N) is 2. The van der Waals surface area contributed by atoms with Crippen molar-refractivity contribution in [1.82, 2.24) is 10.6 Å². The summed E-state index contributed by atoms with van der Waals surface area (Å²) >= 11 is 0. The standard InChI is InChI=1S/C16H28N2O6/c1-16(2,3)7-5-10(19)11(20)12(21)13(24-4)15(23)18-9-6-8-17-14(9)22/h5,7,9-13,19-21H,6,8H2,1-4H3,(H,17,22)(H,18,23)/b7-5+/t9?,10-,11+,12-,13-/m1/s1. The van der Waals surface area contributed by atoms with Crippen LogP contribution in [0, 0.1) is 5.41 Å². The Hall–Kier alpha value is -1.48. The van der Waals surface area contributed by atoms with Gasteiger partial charge in [-0.05, 0) is 11.8 Å². The van der Waals surface area contributed by atoms with Gasteiger partial charge in [0.05, 0.1) is 0 Å². The molecule has 2 amide bonds. The molecule has 1 aliphatic rings. The smallest absolute Gasteiger partial charge is 0.252 e. The minimum Gasteiger partial charge on any atom is -0.387 e. The third kappa shape index (κ3) is 5.86. The number of allylic oxidation sites excluding steroid dienone is 1. The zero-order valence-electron chi connectivity index (χ0n) is 14.5. The van der Waals surface area contributed by atoms with Gasteiger partial charge in [0.1, 0.15) is 24.4 Å². The van der Waals surface area contributed by atoms with Crippen molar-refractivity contribution in [2.24, 2.45) is 5.41 Å². The normalized spacial score (nSPS) is 23.6. The lowest BCUT2D eigenvalue weighted by atomic mass is 9.94. The van der Waals surface area contributed by atoms with E-state index in [1.165, 1.54) is 13.2 Å². The van der Waals surface area contributed by atoms with Crippen LogP contribution in [0.15, 0.2) is 12.2 Å². The Labute approximate surface area is 141 Å². The molecular formula is C16H28N2O6. The van der Waals surface area contributed by atoms with Gasteiger partial charge in [-0.1, -0.05) is 32.9 Å². The second-order valence-corrected chi connectivity index (χ2v) is 6.99. The van der Waals surface area contributed by atoms with Gasteiger partial charge in [-0.3, -0.25) is 9.59 Å². The first-order valence-electron chi connectivity index (χ1n) is 7.91. The molecule has 0 aromatic heterocycles. The highest BCUT2D eigenvalue weighted by Gasteiger charge is 2.37. The van der Waals surface area contributed by atoms with Crippen molar-refractivity contribution in [3.8, 4) is 0 Å². The molecule has 0 spiro atoms. The molecule has 1 rings (SSSR count). The fourth-order valence-electron chi connectivity index (χ4n) is 2.27. The number of rotatable bonds is 7. The molecule has 8 nitrogen and oxygen atoms in total. The average Bonchev–Trinajstić information content (AvgIpc) is 2.89. The number of aliphatic hydroxyl groups excluding tert-OH is 3. The van der Waals surface area contributed by atoms with E-state index in [1.54, 1.807) is 6.08 Å². The number of carbonyl (C=O) groups excluding carboxylic acids is 2. The molecule has 138 valence electrons. The Morgan fingerprint density at radius 2 is 1.96 bits per heavy atom. The van der Waals surface area contributed by atoms with Gasteiger partial charge < -0.3 is 30.7 Å². The molecule has 1 heterocycles. The summed E-state index contributed by atoms with van der Waals surface area (Å²) in [5.41, 5.74) is -0.209. The van der Waals surface area contributed by atoms with Crippen LogP contribution in [0.25, 0.3) is 0 Å². The van der Waals surface area contributed by atoms with E-state index in [9.17, 15) is 24.9 Å². The zero-order valence-corrected chi connectivity index (χ0v) is 14.5. The van der Waals surface area contributed by atoms with E-state index in [0.29, 0.717) is 13.0 Å². The van der Waals surface area contributed by atoms with Crippen LogP contribution < -0.4 is 10.6 Å². The molecule has 0 aliphatic carbocycles. The maximum Gasteiger partial charge on any atom is 0.252 e. The minimum absolute atomic E-state index is 0.209. The van der Waals surface area contributed by atoms with E-state index in [4.69, 9.17) is 4.74 Å². The summed E-state index contributed by atoms with van der Waals surface area (Å²) in [4.78, 5) is 23.7. The van der Waals surface area contributed by atoms with Crippen molar-refractivity contribution in [2.45, 2.75) is 57.6 Å². The van der Waals surface area contributed by atoms with Crippen molar-refractivity contribution in [3.63, 3.8) is 0 Å². The minimum atomic E-state index is -1.65. The molecule has 0 aromatic rings. The highest BCUT2D eigenvalue weighted by Crippen LogP contribution is 2.17. The number of hydrogen-bond donors (Lipinski definition) is 5. The monoisotopic (exact) mass is 344 g/mol. The van der Waals surface area contributed by atoms with Crippen LogP contribution in [0.3, 0.4) is 0 Å². The summed E-state index contributed by atoms with van der Waals surface area (Å²) in [6.07, 6.45) is -2.54. The fourth-order valence-corrected chi connectivity index (χ4v) is 2.27. The second kappa shape index (κ2) is 8.57. The summed E-state index contributed by atoms with van der Waals surface area (Å²) in [5, 5.41) is 35.2. The van der Waals surface area contributed by atoms with E-state index in [2.05, 4.69) is 10.6 Å². The SMILES string of the molecule is CO[C@@H](C(=O)NC1CCNC1=O)[C@H](O)[C@@H](O)[C@H](O)/C=C/C(C)(C)C. The molecule has 0 radical (unpaired) electrons. The molecular weight excluding hydrogens is 316 g/mol. The lowest BCUT2D eigenvalue weighted by Gasteiger charge is -2.27. The Bertz CT molecular complexity index is 474. The predicted molar refractivity (Wildman–Crippen MR) is 87.0 cm³/mol. The van der Waals surface area contributed by atoms with E-state index >= 15 is 0 Å². The van der Waals surface area contributed by atoms with Gasteiger partial charge in [0, 0.05) is 13.7 Å². The number of carbonyl (C=O) groups is 2. The van der Waals surface area contributed by atoms with Crippen molar-refractivity contribution in [1.29, 1.82) is 0 Å². The topological polar surface area (TPSA) is 128 Å². The van der Waals surface area contributed by atoms with Crippen molar-refractivity contribution in [2.75, 3.05) is 13.7 Å². The van der Waals surface area contributed by atoms with E-state index < -0.39 is 36.4 Å². The van der Waals surface area contributed by atoms with E-state index in [-0.39, 0.29) is 11.3 Å². The molecule has 1 fully saturated rings. The zero-order chi connectivity index (χ0) is 18.5. The Kier molecular flexibility index (Phi) is 7.34. The number of ether oxygens (including phenoxy) is 1. The van der Waals surface area contributed by atoms with E-state index in [1.807, 2.05) is 20.8 Å². The maximum absolute atomic E-state index is 12.2. The van der Waals surface area contributed by atoms with Crippen LogP contribution in [0.1, 0.15) is 27.2 Å². The van der Waals surface area contributed by atoms with Crippen LogP contribution in [-0.4, -0.2) is 71.2 Å². The molecule has 0 bridgehead atoms. The summed E-state index contributed by atoms with van der Waals surface area (Å²) in [7, 11) is 1.20. The lowest BCUT2D eigenvalue weighted by molar-refractivity contribution is -0.150. The molecule has 8 heteroatoms. The van der Waals surface area contributed by atoms with Crippen LogP contribution in [-0.2, 0) is 14.3 Å². The van der Waals surface area contributed by atoms with Gasteiger partial charge >= 0.3 is 0 Å². The third-order valence-corrected chi connectivity index (χ3v) is 3.68. The number of methoxy groups -OCH3 is 1. The molecule has 0 saturated carbocycles. The largest absolute Gasteiger partial charge is 0.387 e. The summed E-state index contributed by atoms with van der Waals surface area (Å²) in [6, 6.07) is -0.690. The summed E-state index contributed by atoms with van der Waals surface area (Å²) in [5.74, 6) is -1.03. The van der Waals surface area contributed by atoms with Gasteiger partial charge in [0.2, 0.25) is 5.91 Å². The Balaban J connectivity index is 2.69. The number of amides is 2. The Morgan fingerprint density at radius 3 is 2.42 bits per heavy atom. The molecule has 24 heavy (non-hydrogen) atoms. The fraction of sp³-hybridized carbons (Fsp3) is 0.750. The van der Waals surface area contributed by atoms with Crippen molar-refractivity contribution >= 4 is 11.8 Å². The number of hydrogen-bond acceptors (Lipinski definition) is 6. The van der Waals surface area contributed by atoms with Crippen LogP contribution in [0.2, 0.25) is 0 Å². The molecule has 5 atom stereocenters. The highest BCUT2D eigenvalue weighted by molar-refractivity contribution is 5.90. The van der Waals surface area contributed by atoms with Crippen LogP contribution in [0.5, 0.6) is 0 Å². The van der Waals surface area contributed by atoms with Crippen molar-refractivity contribution < 1.29 is 29.6 Å². The second-order valence-electron chi connectivity index (χ2n) is 6.99. The first kappa shape index (κ1) is 20.6. The third-order valence-electron chi connectivity index (χ3n) is 3.68. The van der Waals surface area contributed by atoms with Crippen LogP contribution >= 0.6 is 0 Å². The van der Waals surface area contributed by atoms with Crippen molar-refractivity contribution in [3.05, 3.63) is 12.2 Å². The summed E-state index contributed by atoms with van der Waals surface area (Å²) < 4.78 is 4.95. The van der Waals surface area contributed by atoms with E-state index in [0.717, 1.165) is 0 Å². The highest BCUT2D eigenvalue weighted by atomic mass is 16.5. The van der Waals surface area contributed by atoms with Gasteiger partial charge in [0.15, 0.2) is 6.10 Å². The predicted octanol–water partition coefficient (Wildman–Crippen LogP) is -1.31. The first-order chi connectivity index (χ1) is 11.1. The molecule has 1 saturated heterocycles. The number of aliphatic hydroxyl groups is 3. The average molecular weight is 344 g/mol. The maximum atomic E-state index is 12.2. The van der Waals surface area contributed by atoms with Gasteiger partial charge in [-0.15, -0.1) is 0 Å². The van der Waals surface area contributed by atoms with Gasteiger partial charge in [-0.25, -0.2) is 0 Å². The molecule has 5 N–H and O–H groups in total. The molecule has 1 aliphatic heterocycles. The quantitative estimate of drug-likeness (QED) is 0.365. The van der Waals surface area contributed by atoms with Crippen LogP contribution in [0.4, 0.5) is 0 Å². The molecule has 1 unspecified atom stereocenters. The lowest BCUT2D eigenvalue weighted by Crippen LogP contribution is -2.54. The Morgan fingerprint density at radius 1 is 1.33 bits per heavy atom.